The van der Waals surface area contributed by atoms with E-state index >= 15 is 0 Å². The van der Waals surface area contributed by atoms with Crippen LogP contribution in [0.5, 0.6) is 0 Å². The smallest absolute Gasteiger partial charge is 0.254 e. The summed E-state index contributed by atoms with van der Waals surface area (Å²) in [7, 11) is 4.12. The van der Waals surface area contributed by atoms with Gasteiger partial charge in [-0.1, -0.05) is 23.7 Å². The van der Waals surface area contributed by atoms with Crippen molar-refractivity contribution in [1.82, 2.24) is 20.0 Å². The van der Waals surface area contributed by atoms with E-state index in [1.807, 2.05) is 18.2 Å². The first-order valence-corrected chi connectivity index (χ1v) is 8.21. The maximum atomic E-state index is 12.5. The molecule has 1 N–H and O–H groups in total. The van der Waals surface area contributed by atoms with Gasteiger partial charge >= 0.3 is 0 Å². The summed E-state index contributed by atoms with van der Waals surface area (Å²) in [5.41, 5.74) is 1.31. The zero-order valence-electron chi connectivity index (χ0n) is 13.4. The number of hydrogen-bond donors (Lipinski definition) is 1. The van der Waals surface area contributed by atoms with Crippen LogP contribution in [0, 0.1) is 0 Å². The highest BCUT2D eigenvalue weighted by Gasteiger charge is 2.30. The molecule has 1 aromatic heterocycles. The highest BCUT2D eigenvalue weighted by atomic mass is 35.5. The second-order valence-corrected chi connectivity index (χ2v) is 6.57. The van der Waals surface area contributed by atoms with Crippen LogP contribution < -0.4 is 5.32 Å². The Morgan fingerprint density at radius 1 is 1.35 bits per heavy atom. The van der Waals surface area contributed by atoms with Gasteiger partial charge in [0, 0.05) is 18.3 Å². The van der Waals surface area contributed by atoms with E-state index in [1.54, 1.807) is 23.1 Å². The van der Waals surface area contributed by atoms with E-state index in [2.05, 4.69) is 29.4 Å². The summed E-state index contributed by atoms with van der Waals surface area (Å²) in [6.07, 6.45) is 6.59. The molecule has 5 nitrogen and oxygen atoms in total. The highest BCUT2D eigenvalue weighted by molar-refractivity contribution is 6.32. The number of nitrogens with zero attached hydrogens (tertiary/aromatic N) is 3. The maximum Gasteiger partial charge on any atom is 0.254 e. The quantitative estimate of drug-likeness (QED) is 0.936. The van der Waals surface area contributed by atoms with Gasteiger partial charge in [-0.15, -0.1) is 0 Å². The fourth-order valence-corrected chi connectivity index (χ4v) is 3.41. The molecule has 0 aliphatic heterocycles. The molecule has 23 heavy (non-hydrogen) atoms. The van der Waals surface area contributed by atoms with E-state index in [-0.39, 0.29) is 11.9 Å². The van der Waals surface area contributed by atoms with Gasteiger partial charge in [-0.3, -0.25) is 4.79 Å². The van der Waals surface area contributed by atoms with Crippen LogP contribution in [0.1, 0.15) is 29.6 Å². The minimum Gasteiger partial charge on any atom is -0.348 e. The Morgan fingerprint density at radius 3 is 2.87 bits per heavy atom. The molecule has 2 aromatic rings. The van der Waals surface area contributed by atoms with Crippen LogP contribution in [-0.2, 0) is 0 Å². The molecule has 1 saturated carbocycles. The molecule has 1 aromatic carbocycles. The normalized spacial score (nSPS) is 20.9. The summed E-state index contributed by atoms with van der Waals surface area (Å²) >= 11 is 6.17. The summed E-state index contributed by atoms with van der Waals surface area (Å²) in [4.78, 5) is 14.7. The Labute approximate surface area is 141 Å². The average Bonchev–Trinajstić information content (AvgIpc) is 3.16. The van der Waals surface area contributed by atoms with Gasteiger partial charge in [0.1, 0.15) is 0 Å². The molecular weight excluding hydrogens is 312 g/mol. The van der Waals surface area contributed by atoms with Crippen molar-refractivity contribution in [2.24, 2.45) is 0 Å². The first-order chi connectivity index (χ1) is 11.1. The average molecular weight is 333 g/mol. The van der Waals surface area contributed by atoms with Crippen molar-refractivity contribution < 1.29 is 4.79 Å². The van der Waals surface area contributed by atoms with Crippen molar-refractivity contribution in [2.45, 2.75) is 31.3 Å². The first-order valence-electron chi connectivity index (χ1n) is 7.83. The van der Waals surface area contributed by atoms with Gasteiger partial charge in [-0.2, -0.15) is 5.10 Å². The third-order valence-electron chi connectivity index (χ3n) is 4.40. The van der Waals surface area contributed by atoms with Crippen LogP contribution >= 0.6 is 11.6 Å². The van der Waals surface area contributed by atoms with Crippen molar-refractivity contribution in [1.29, 1.82) is 0 Å². The standard InChI is InChI=1S/C17H21ClN4O/c1-21(2)16-9-5-7-14(16)20-17(23)12-10-19-22(11-12)15-8-4-3-6-13(15)18/h3-4,6,8,10-11,14,16H,5,7,9H2,1-2H3,(H,20,23)/t14-,16-/m1/s1. The fraction of sp³-hybridized carbons (Fsp3) is 0.412. The number of aromatic nitrogens is 2. The van der Waals surface area contributed by atoms with Gasteiger partial charge in [-0.05, 0) is 45.5 Å². The summed E-state index contributed by atoms with van der Waals surface area (Å²) in [5, 5.41) is 8.00. The lowest BCUT2D eigenvalue weighted by molar-refractivity contribution is 0.0919. The monoisotopic (exact) mass is 332 g/mol. The number of para-hydroxylation sites is 1. The molecule has 0 unspecified atom stereocenters. The minimum atomic E-state index is -0.0814. The summed E-state index contributed by atoms with van der Waals surface area (Å²) < 4.78 is 1.63. The number of benzene rings is 1. The first kappa shape index (κ1) is 16.0. The van der Waals surface area contributed by atoms with Gasteiger partial charge in [0.05, 0.1) is 22.5 Å². The van der Waals surface area contributed by atoms with Crippen molar-refractivity contribution in [2.75, 3.05) is 14.1 Å². The molecule has 1 fully saturated rings. The minimum absolute atomic E-state index is 0.0814. The molecule has 6 heteroatoms. The van der Waals surface area contributed by atoms with E-state index in [1.165, 1.54) is 0 Å². The van der Waals surface area contributed by atoms with Crippen molar-refractivity contribution in [3.05, 3.63) is 47.2 Å². The van der Waals surface area contributed by atoms with E-state index in [4.69, 9.17) is 11.6 Å². The number of halogens is 1. The zero-order valence-corrected chi connectivity index (χ0v) is 14.1. The molecular formula is C17H21ClN4O. The lowest BCUT2D eigenvalue weighted by Gasteiger charge is -2.26. The number of amides is 1. The summed E-state index contributed by atoms with van der Waals surface area (Å²) in [5.74, 6) is -0.0814. The lowest BCUT2D eigenvalue weighted by atomic mass is 10.1. The lowest BCUT2D eigenvalue weighted by Crippen LogP contribution is -2.46. The van der Waals surface area contributed by atoms with Crippen LogP contribution in [0.3, 0.4) is 0 Å². The number of rotatable bonds is 4. The molecule has 1 aliphatic carbocycles. The Balaban J connectivity index is 1.73. The third-order valence-corrected chi connectivity index (χ3v) is 4.72. The van der Waals surface area contributed by atoms with Gasteiger partial charge in [0.15, 0.2) is 0 Å². The van der Waals surface area contributed by atoms with Crippen LogP contribution in [0.2, 0.25) is 5.02 Å². The van der Waals surface area contributed by atoms with Crippen molar-refractivity contribution in [3.8, 4) is 5.69 Å². The Kier molecular flexibility index (Phi) is 4.68. The molecule has 0 spiro atoms. The van der Waals surface area contributed by atoms with E-state index in [9.17, 15) is 4.79 Å². The number of carbonyl (C=O) groups excluding carboxylic acids is 1. The van der Waals surface area contributed by atoms with Crippen LogP contribution in [0.15, 0.2) is 36.7 Å². The predicted octanol–water partition coefficient (Wildman–Crippen LogP) is 2.74. The topological polar surface area (TPSA) is 50.2 Å². The number of likely N-dealkylation sites (N-methyl/N-ethyl adjacent to an activating group) is 1. The molecule has 122 valence electrons. The summed E-state index contributed by atoms with van der Waals surface area (Å²) in [6, 6.07) is 8.03. The van der Waals surface area contributed by atoms with Gasteiger partial charge in [0.25, 0.3) is 5.91 Å². The largest absolute Gasteiger partial charge is 0.348 e. The molecule has 3 rings (SSSR count). The number of hydrogen-bond acceptors (Lipinski definition) is 3. The number of carbonyl (C=O) groups is 1. The maximum absolute atomic E-state index is 12.5. The van der Waals surface area contributed by atoms with Gasteiger partial charge in [0.2, 0.25) is 0 Å². The SMILES string of the molecule is CN(C)[C@@H]1CCC[C@H]1NC(=O)c1cnn(-c2ccccc2Cl)c1. The zero-order chi connectivity index (χ0) is 16.4. The van der Waals surface area contributed by atoms with Crippen LogP contribution in [-0.4, -0.2) is 46.8 Å². The highest BCUT2D eigenvalue weighted by Crippen LogP contribution is 2.23. The molecule has 2 atom stereocenters. The molecule has 0 radical (unpaired) electrons. The third kappa shape index (κ3) is 3.41. The van der Waals surface area contributed by atoms with E-state index < -0.39 is 0 Å². The molecule has 1 amide bonds. The Hall–Kier alpha value is -1.85. The number of nitrogens with one attached hydrogen (secondary N) is 1. The van der Waals surface area contributed by atoms with Crippen molar-refractivity contribution in [3.63, 3.8) is 0 Å². The summed E-state index contributed by atoms with van der Waals surface area (Å²) in [6.45, 7) is 0. The van der Waals surface area contributed by atoms with Crippen molar-refractivity contribution >= 4 is 17.5 Å². The van der Waals surface area contributed by atoms with Crippen LogP contribution in [0.25, 0.3) is 5.69 Å². The molecule has 0 bridgehead atoms. The second kappa shape index (κ2) is 6.72. The molecule has 1 aliphatic rings. The molecule has 0 saturated heterocycles. The second-order valence-electron chi connectivity index (χ2n) is 6.17. The van der Waals surface area contributed by atoms with Gasteiger partial charge in [-0.25, -0.2) is 4.68 Å². The van der Waals surface area contributed by atoms with E-state index in [0.717, 1.165) is 24.9 Å². The van der Waals surface area contributed by atoms with E-state index in [0.29, 0.717) is 16.6 Å². The Morgan fingerprint density at radius 2 is 2.13 bits per heavy atom. The van der Waals surface area contributed by atoms with Crippen LogP contribution in [0.4, 0.5) is 0 Å². The fourth-order valence-electron chi connectivity index (χ4n) is 3.19. The molecule has 1 heterocycles. The Bertz CT molecular complexity index is 697. The van der Waals surface area contributed by atoms with Gasteiger partial charge < -0.3 is 10.2 Å². The predicted molar refractivity (Wildman–Crippen MR) is 91.2 cm³/mol.